The maximum atomic E-state index is 11.0. The van der Waals surface area contributed by atoms with E-state index in [9.17, 15) is 4.79 Å². The minimum absolute atomic E-state index is 0.337. The molecule has 1 rings (SSSR count). The van der Waals surface area contributed by atoms with Gasteiger partial charge in [-0.25, -0.2) is 4.79 Å². The summed E-state index contributed by atoms with van der Waals surface area (Å²) in [5.74, 6) is 4.62. The third-order valence-corrected chi connectivity index (χ3v) is 1.84. The number of rotatable bonds is 1. The number of ether oxygens (including phenoxy) is 1. The predicted molar refractivity (Wildman–Crippen MR) is 59.1 cm³/mol. The number of anilines is 1. The summed E-state index contributed by atoms with van der Waals surface area (Å²) in [5.41, 5.74) is 7.98. The van der Waals surface area contributed by atoms with Gasteiger partial charge in [0, 0.05) is 17.2 Å². The molecule has 1 aromatic carbocycles. The lowest BCUT2D eigenvalue weighted by Gasteiger charge is -1.98. The van der Waals surface area contributed by atoms with Crippen LogP contribution in [0, 0.1) is 18.8 Å². The summed E-state index contributed by atoms with van der Waals surface area (Å²) < 4.78 is 4.69. The monoisotopic (exact) mass is 203 g/mol. The average Bonchev–Trinajstić information content (AvgIpc) is 2.20. The van der Waals surface area contributed by atoms with Crippen molar-refractivity contribution in [2.75, 3.05) is 12.3 Å². The molecule has 15 heavy (non-hydrogen) atoms. The summed E-state index contributed by atoms with van der Waals surface area (Å²) in [4.78, 5) is 11.0. The Morgan fingerprint density at radius 1 is 1.53 bits per heavy atom. The lowest BCUT2D eigenvalue weighted by Crippen LogP contribution is -1.99. The molecule has 2 N–H and O–H groups in total. The van der Waals surface area contributed by atoms with E-state index in [2.05, 4.69) is 16.6 Å². The van der Waals surface area contributed by atoms with Gasteiger partial charge in [0.25, 0.3) is 0 Å². The quantitative estimate of drug-likeness (QED) is 0.427. The number of hydrogen-bond acceptors (Lipinski definition) is 3. The molecule has 3 heteroatoms. The highest BCUT2D eigenvalue weighted by Crippen LogP contribution is 2.10. The van der Waals surface area contributed by atoms with Gasteiger partial charge in [-0.05, 0) is 31.5 Å². The summed E-state index contributed by atoms with van der Waals surface area (Å²) in [6.07, 6.45) is 0. The van der Waals surface area contributed by atoms with Gasteiger partial charge in [0.15, 0.2) is 0 Å². The first-order valence-corrected chi connectivity index (χ1v) is 4.68. The Labute approximate surface area is 89.2 Å². The van der Waals surface area contributed by atoms with E-state index in [0.29, 0.717) is 12.3 Å². The number of nitrogens with two attached hydrogens (primary N) is 1. The van der Waals surface area contributed by atoms with Crippen molar-refractivity contribution >= 4 is 11.7 Å². The Morgan fingerprint density at radius 3 is 2.93 bits per heavy atom. The van der Waals surface area contributed by atoms with E-state index >= 15 is 0 Å². The normalized spacial score (nSPS) is 8.93. The van der Waals surface area contributed by atoms with E-state index in [4.69, 9.17) is 5.73 Å². The lowest BCUT2D eigenvalue weighted by atomic mass is 10.1. The van der Waals surface area contributed by atoms with E-state index in [0.717, 1.165) is 11.1 Å². The SMILES string of the molecule is CCOC(=O)C#Cc1cc(N)ccc1C. The molecular weight excluding hydrogens is 190 g/mol. The van der Waals surface area contributed by atoms with Crippen LogP contribution in [0.3, 0.4) is 0 Å². The fraction of sp³-hybridized carbons (Fsp3) is 0.250. The van der Waals surface area contributed by atoms with Gasteiger partial charge in [-0.3, -0.25) is 0 Å². The average molecular weight is 203 g/mol. The Kier molecular flexibility index (Phi) is 3.75. The van der Waals surface area contributed by atoms with Crippen LogP contribution in [0.25, 0.3) is 0 Å². The molecule has 0 spiro atoms. The van der Waals surface area contributed by atoms with Gasteiger partial charge in [-0.1, -0.05) is 12.0 Å². The molecule has 0 aromatic heterocycles. The molecule has 0 amide bonds. The van der Waals surface area contributed by atoms with Crippen molar-refractivity contribution in [3.63, 3.8) is 0 Å². The van der Waals surface area contributed by atoms with Crippen LogP contribution in [0.1, 0.15) is 18.1 Å². The van der Waals surface area contributed by atoms with Crippen LogP contribution in [0.5, 0.6) is 0 Å². The van der Waals surface area contributed by atoms with Crippen LogP contribution in [-0.2, 0) is 9.53 Å². The topological polar surface area (TPSA) is 52.3 Å². The van der Waals surface area contributed by atoms with Crippen molar-refractivity contribution in [2.24, 2.45) is 0 Å². The van der Waals surface area contributed by atoms with Gasteiger partial charge in [-0.15, -0.1) is 0 Å². The fourth-order valence-electron chi connectivity index (χ4n) is 1.06. The van der Waals surface area contributed by atoms with Crippen molar-refractivity contribution < 1.29 is 9.53 Å². The summed E-state index contributed by atoms with van der Waals surface area (Å²) in [6.45, 7) is 3.99. The molecule has 0 fully saturated rings. The molecule has 3 nitrogen and oxygen atoms in total. The Bertz CT molecular complexity index is 427. The second-order valence-corrected chi connectivity index (χ2v) is 3.04. The molecule has 0 bridgehead atoms. The van der Waals surface area contributed by atoms with Gasteiger partial charge < -0.3 is 10.5 Å². The van der Waals surface area contributed by atoms with Crippen LogP contribution in [0.4, 0.5) is 5.69 Å². The first-order chi connectivity index (χ1) is 7.13. The highest BCUT2D eigenvalue weighted by molar-refractivity contribution is 5.89. The van der Waals surface area contributed by atoms with Crippen LogP contribution in [0.2, 0.25) is 0 Å². The molecular formula is C12H13NO2. The van der Waals surface area contributed by atoms with Crippen molar-refractivity contribution in [2.45, 2.75) is 13.8 Å². The van der Waals surface area contributed by atoms with Crippen LogP contribution < -0.4 is 5.73 Å². The smallest absolute Gasteiger partial charge is 0.384 e. The van der Waals surface area contributed by atoms with Crippen LogP contribution in [-0.4, -0.2) is 12.6 Å². The Balaban J connectivity index is 2.88. The zero-order chi connectivity index (χ0) is 11.3. The number of aryl methyl sites for hydroxylation is 1. The van der Waals surface area contributed by atoms with E-state index in [1.165, 1.54) is 0 Å². The van der Waals surface area contributed by atoms with Gasteiger partial charge >= 0.3 is 5.97 Å². The summed E-state index contributed by atoms with van der Waals surface area (Å²) in [6, 6.07) is 5.40. The zero-order valence-corrected chi connectivity index (χ0v) is 8.83. The number of carbonyl (C=O) groups excluding carboxylic acids is 1. The molecule has 0 unspecified atom stereocenters. The van der Waals surface area contributed by atoms with E-state index in [-0.39, 0.29) is 0 Å². The highest BCUT2D eigenvalue weighted by atomic mass is 16.5. The number of benzene rings is 1. The van der Waals surface area contributed by atoms with Crippen LogP contribution >= 0.6 is 0 Å². The third-order valence-electron chi connectivity index (χ3n) is 1.84. The molecule has 78 valence electrons. The molecule has 0 saturated carbocycles. The van der Waals surface area contributed by atoms with Crippen molar-refractivity contribution in [1.29, 1.82) is 0 Å². The first kappa shape index (κ1) is 11.1. The molecule has 0 aliphatic heterocycles. The molecule has 0 atom stereocenters. The first-order valence-electron chi connectivity index (χ1n) is 4.68. The molecule has 0 aliphatic rings. The minimum atomic E-state index is -0.515. The molecule has 1 aromatic rings. The van der Waals surface area contributed by atoms with Gasteiger partial charge in [0.1, 0.15) is 0 Å². The standard InChI is InChI=1S/C12H13NO2/c1-3-15-12(14)7-5-10-8-11(13)6-4-9(10)2/h4,6,8H,3,13H2,1-2H3. The summed E-state index contributed by atoms with van der Waals surface area (Å²) in [7, 11) is 0. The van der Waals surface area contributed by atoms with E-state index in [1.807, 2.05) is 13.0 Å². The summed E-state index contributed by atoms with van der Waals surface area (Å²) in [5, 5.41) is 0. The Morgan fingerprint density at radius 2 is 2.27 bits per heavy atom. The van der Waals surface area contributed by atoms with Crippen molar-refractivity contribution in [3.05, 3.63) is 29.3 Å². The second-order valence-electron chi connectivity index (χ2n) is 3.04. The van der Waals surface area contributed by atoms with E-state index < -0.39 is 5.97 Å². The Hall–Kier alpha value is -1.95. The maximum Gasteiger partial charge on any atom is 0.384 e. The molecule has 0 saturated heterocycles. The van der Waals surface area contributed by atoms with Crippen molar-refractivity contribution in [1.82, 2.24) is 0 Å². The fourth-order valence-corrected chi connectivity index (χ4v) is 1.06. The van der Waals surface area contributed by atoms with Gasteiger partial charge in [0.05, 0.1) is 6.61 Å². The number of nitrogen functional groups attached to an aromatic ring is 1. The lowest BCUT2D eigenvalue weighted by molar-refractivity contribution is -0.136. The van der Waals surface area contributed by atoms with Gasteiger partial charge in [-0.2, -0.15) is 0 Å². The molecule has 0 radical (unpaired) electrons. The number of carbonyl (C=O) groups is 1. The number of esters is 1. The predicted octanol–water partition coefficient (Wildman–Crippen LogP) is 1.49. The number of hydrogen-bond donors (Lipinski definition) is 1. The maximum absolute atomic E-state index is 11.0. The third kappa shape index (κ3) is 3.35. The largest absolute Gasteiger partial charge is 0.456 e. The highest BCUT2D eigenvalue weighted by Gasteiger charge is 1.96. The van der Waals surface area contributed by atoms with Crippen LogP contribution in [0.15, 0.2) is 18.2 Å². The van der Waals surface area contributed by atoms with Gasteiger partial charge in [0.2, 0.25) is 0 Å². The second kappa shape index (κ2) is 5.06. The van der Waals surface area contributed by atoms with Crippen molar-refractivity contribution in [3.8, 4) is 11.8 Å². The molecule has 0 heterocycles. The zero-order valence-electron chi connectivity index (χ0n) is 8.83. The molecule has 0 aliphatic carbocycles. The van der Waals surface area contributed by atoms with E-state index in [1.54, 1.807) is 19.1 Å². The summed E-state index contributed by atoms with van der Waals surface area (Å²) >= 11 is 0. The minimum Gasteiger partial charge on any atom is -0.456 e.